The number of carbonyl (C=O) groups is 2. The molecule has 182 valence electrons. The zero-order valence-corrected chi connectivity index (χ0v) is 19.0. The highest BCUT2D eigenvalue weighted by atomic mass is 19.4. The lowest BCUT2D eigenvalue weighted by Gasteiger charge is -2.34. The van der Waals surface area contributed by atoms with Crippen molar-refractivity contribution in [3.05, 3.63) is 59.2 Å². The van der Waals surface area contributed by atoms with Crippen LogP contribution in [0.25, 0.3) is 6.08 Å². The third kappa shape index (κ3) is 5.62. The van der Waals surface area contributed by atoms with E-state index in [4.69, 9.17) is 14.2 Å². The smallest absolute Gasteiger partial charge is 0.416 e. The number of carbonyl (C=O) groups excluding carboxylic acids is 2. The van der Waals surface area contributed by atoms with Crippen molar-refractivity contribution in [2.45, 2.75) is 6.18 Å². The second-order valence-electron chi connectivity index (χ2n) is 7.48. The number of ether oxygens (including phenoxy) is 3. The lowest BCUT2D eigenvalue weighted by molar-refractivity contribution is -0.137. The summed E-state index contributed by atoms with van der Waals surface area (Å²) in [5, 5.41) is 0. The van der Waals surface area contributed by atoms with Gasteiger partial charge in [-0.05, 0) is 48.0 Å². The summed E-state index contributed by atoms with van der Waals surface area (Å²) >= 11 is 0. The summed E-state index contributed by atoms with van der Waals surface area (Å²) < 4.78 is 54.1. The number of hydrogen-bond acceptors (Lipinski definition) is 5. The molecule has 0 aliphatic carbocycles. The molecule has 2 aromatic rings. The summed E-state index contributed by atoms with van der Waals surface area (Å²) in [6, 6.07) is 7.55. The number of amides is 2. The Morgan fingerprint density at radius 1 is 0.853 bits per heavy atom. The molecule has 2 amide bonds. The first-order valence-electron chi connectivity index (χ1n) is 10.4. The fourth-order valence-corrected chi connectivity index (χ4v) is 3.58. The van der Waals surface area contributed by atoms with Crippen molar-refractivity contribution in [1.29, 1.82) is 0 Å². The number of alkyl halides is 3. The lowest BCUT2D eigenvalue weighted by Crippen LogP contribution is -2.50. The standard InChI is InChI=1S/C24H25F3N2O5/c1-32-19-14-16(15-20(33-2)22(19)34-3)4-9-21(30)28-10-12-29(13-11-28)23(31)17-5-7-18(8-6-17)24(25,26)27/h4-9,14-15H,10-13H2,1-3H3/b9-4+. The van der Waals surface area contributed by atoms with Crippen LogP contribution in [0, 0.1) is 0 Å². The molecule has 7 nitrogen and oxygen atoms in total. The Kier molecular flexibility index (Phi) is 7.70. The lowest BCUT2D eigenvalue weighted by atomic mass is 10.1. The molecule has 0 aromatic heterocycles. The highest BCUT2D eigenvalue weighted by Gasteiger charge is 2.31. The van der Waals surface area contributed by atoms with Crippen LogP contribution >= 0.6 is 0 Å². The van der Waals surface area contributed by atoms with Gasteiger partial charge in [0.2, 0.25) is 11.7 Å². The summed E-state index contributed by atoms with van der Waals surface area (Å²) in [6.07, 6.45) is -1.40. The van der Waals surface area contributed by atoms with Crippen molar-refractivity contribution >= 4 is 17.9 Å². The molecule has 0 unspecified atom stereocenters. The van der Waals surface area contributed by atoms with Crippen LogP contribution in [0.2, 0.25) is 0 Å². The van der Waals surface area contributed by atoms with Crippen LogP contribution in [-0.2, 0) is 11.0 Å². The molecular weight excluding hydrogens is 453 g/mol. The predicted octanol–water partition coefficient (Wildman–Crippen LogP) is 3.73. The number of piperazine rings is 1. The molecule has 1 saturated heterocycles. The van der Waals surface area contributed by atoms with Gasteiger partial charge in [-0.2, -0.15) is 13.2 Å². The van der Waals surface area contributed by atoms with Gasteiger partial charge in [-0.3, -0.25) is 9.59 Å². The predicted molar refractivity (Wildman–Crippen MR) is 119 cm³/mol. The first kappa shape index (κ1) is 24.9. The zero-order valence-electron chi connectivity index (χ0n) is 19.0. The summed E-state index contributed by atoms with van der Waals surface area (Å²) in [7, 11) is 4.50. The number of rotatable bonds is 6. The highest BCUT2D eigenvalue weighted by Crippen LogP contribution is 2.38. The van der Waals surface area contributed by atoms with E-state index in [0.29, 0.717) is 35.9 Å². The second-order valence-corrected chi connectivity index (χ2v) is 7.48. The fraction of sp³-hybridized carbons (Fsp3) is 0.333. The molecular formula is C24H25F3N2O5. The van der Waals surface area contributed by atoms with Crippen LogP contribution in [0.5, 0.6) is 17.2 Å². The third-order valence-corrected chi connectivity index (χ3v) is 5.44. The molecule has 1 aliphatic heterocycles. The van der Waals surface area contributed by atoms with Crippen molar-refractivity contribution in [3.63, 3.8) is 0 Å². The summed E-state index contributed by atoms with van der Waals surface area (Å²) in [4.78, 5) is 28.4. The third-order valence-electron chi connectivity index (χ3n) is 5.44. The van der Waals surface area contributed by atoms with Crippen LogP contribution in [-0.4, -0.2) is 69.1 Å². The van der Waals surface area contributed by atoms with Crippen molar-refractivity contribution < 1.29 is 37.0 Å². The van der Waals surface area contributed by atoms with Crippen LogP contribution < -0.4 is 14.2 Å². The number of nitrogens with zero attached hydrogens (tertiary/aromatic N) is 2. The van der Waals surface area contributed by atoms with Gasteiger partial charge >= 0.3 is 6.18 Å². The van der Waals surface area contributed by atoms with Gasteiger partial charge in [0.05, 0.1) is 26.9 Å². The summed E-state index contributed by atoms with van der Waals surface area (Å²) in [5.74, 6) is 0.778. The molecule has 0 bridgehead atoms. The van der Waals surface area contributed by atoms with Crippen molar-refractivity contribution in [2.75, 3.05) is 47.5 Å². The Hall–Kier alpha value is -3.69. The highest BCUT2D eigenvalue weighted by molar-refractivity contribution is 5.95. The molecule has 1 heterocycles. The van der Waals surface area contributed by atoms with Gasteiger partial charge in [0.15, 0.2) is 11.5 Å². The second kappa shape index (κ2) is 10.5. The summed E-state index contributed by atoms with van der Waals surface area (Å²) in [6.45, 7) is 1.18. The van der Waals surface area contributed by atoms with E-state index >= 15 is 0 Å². The Balaban J connectivity index is 1.60. The van der Waals surface area contributed by atoms with Gasteiger partial charge in [-0.25, -0.2) is 0 Å². The minimum absolute atomic E-state index is 0.176. The SMILES string of the molecule is COc1cc(/C=C/C(=O)N2CCN(C(=O)c3ccc(C(F)(F)F)cc3)CC2)cc(OC)c1OC. The normalized spacial score (nSPS) is 14.3. The first-order valence-corrected chi connectivity index (χ1v) is 10.4. The molecule has 10 heteroatoms. The molecule has 3 rings (SSSR count). The number of hydrogen-bond donors (Lipinski definition) is 0. The number of halogens is 3. The number of methoxy groups -OCH3 is 3. The van der Waals surface area contributed by atoms with Gasteiger partial charge < -0.3 is 24.0 Å². The average Bonchev–Trinajstić information content (AvgIpc) is 2.85. The van der Waals surface area contributed by atoms with E-state index in [1.807, 2.05) is 0 Å². The van der Waals surface area contributed by atoms with E-state index in [0.717, 1.165) is 12.1 Å². The van der Waals surface area contributed by atoms with Gasteiger partial charge in [0, 0.05) is 37.8 Å². The summed E-state index contributed by atoms with van der Waals surface area (Å²) in [5.41, 5.74) is 0.0485. The van der Waals surface area contributed by atoms with Gasteiger partial charge in [0.25, 0.3) is 5.91 Å². The maximum Gasteiger partial charge on any atom is 0.416 e. The fourth-order valence-electron chi connectivity index (χ4n) is 3.58. The van der Waals surface area contributed by atoms with Crippen LogP contribution in [0.15, 0.2) is 42.5 Å². The molecule has 0 spiro atoms. The quantitative estimate of drug-likeness (QED) is 0.592. The van der Waals surface area contributed by atoms with Gasteiger partial charge in [-0.1, -0.05) is 0 Å². The van der Waals surface area contributed by atoms with E-state index in [2.05, 4.69) is 0 Å². The monoisotopic (exact) mass is 478 g/mol. The van der Waals surface area contributed by atoms with Crippen molar-refractivity contribution in [3.8, 4) is 17.2 Å². The Morgan fingerprint density at radius 3 is 1.85 bits per heavy atom. The molecule has 0 radical (unpaired) electrons. The molecule has 0 N–H and O–H groups in total. The minimum atomic E-state index is -4.46. The Labute approximate surface area is 195 Å². The molecule has 34 heavy (non-hydrogen) atoms. The van der Waals surface area contributed by atoms with E-state index in [9.17, 15) is 22.8 Å². The maximum atomic E-state index is 12.7. The van der Waals surface area contributed by atoms with E-state index in [1.165, 1.54) is 44.4 Å². The largest absolute Gasteiger partial charge is 0.493 e. The number of benzene rings is 2. The molecule has 0 atom stereocenters. The van der Waals surface area contributed by atoms with Crippen LogP contribution in [0.3, 0.4) is 0 Å². The Morgan fingerprint density at radius 2 is 1.38 bits per heavy atom. The first-order chi connectivity index (χ1) is 16.2. The molecule has 1 fully saturated rings. The molecule has 1 aliphatic rings. The molecule has 0 saturated carbocycles. The topological polar surface area (TPSA) is 68.3 Å². The van der Waals surface area contributed by atoms with E-state index in [-0.39, 0.29) is 30.5 Å². The van der Waals surface area contributed by atoms with Crippen LogP contribution in [0.1, 0.15) is 21.5 Å². The molecule has 2 aromatic carbocycles. The van der Waals surface area contributed by atoms with E-state index in [1.54, 1.807) is 23.1 Å². The van der Waals surface area contributed by atoms with Crippen LogP contribution in [0.4, 0.5) is 13.2 Å². The Bertz CT molecular complexity index is 1030. The van der Waals surface area contributed by atoms with E-state index < -0.39 is 11.7 Å². The van der Waals surface area contributed by atoms with Crippen molar-refractivity contribution in [2.24, 2.45) is 0 Å². The van der Waals surface area contributed by atoms with Crippen molar-refractivity contribution in [1.82, 2.24) is 9.80 Å². The maximum absolute atomic E-state index is 12.7. The zero-order chi connectivity index (χ0) is 24.9. The van der Waals surface area contributed by atoms with Gasteiger partial charge in [-0.15, -0.1) is 0 Å². The van der Waals surface area contributed by atoms with Gasteiger partial charge in [0.1, 0.15) is 0 Å². The minimum Gasteiger partial charge on any atom is -0.493 e. The average molecular weight is 478 g/mol.